The number of rotatable bonds is 5. The Morgan fingerprint density at radius 2 is 2.05 bits per heavy atom. The van der Waals surface area contributed by atoms with E-state index in [0.29, 0.717) is 25.9 Å². The summed E-state index contributed by atoms with van der Waals surface area (Å²) in [6.45, 7) is 0.999. The summed E-state index contributed by atoms with van der Waals surface area (Å²) < 4.78 is 0. The first-order valence-electron chi connectivity index (χ1n) is 7.31. The van der Waals surface area contributed by atoms with Crippen LogP contribution in [0.2, 0.25) is 0 Å². The predicted octanol–water partition coefficient (Wildman–Crippen LogP) is 1.21. The molecule has 0 bridgehead atoms. The second-order valence-corrected chi connectivity index (χ2v) is 5.48. The third-order valence-corrected chi connectivity index (χ3v) is 4.01. The Balaban J connectivity index is 1.73. The van der Waals surface area contributed by atoms with Gasteiger partial charge in [-0.15, -0.1) is 0 Å². The Labute approximate surface area is 120 Å². The quantitative estimate of drug-likeness (QED) is 0.850. The fourth-order valence-electron chi connectivity index (χ4n) is 2.67. The Bertz CT molecular complexity index is 421. The van der Waals surface area contributed by atoms with Crippen LogP contribution < -0.4 is 0 Å². The molecule has 1 aliphatic rings. The van der Waals surface area contributed by atoms with Gasteiger partial charge in [-0.3, -0.25) is 4.79 Å². The molecule has 2 rings (SSSR count). The van der Waals surface area contributed by atoms with Gasteiger partial charge in [0.05, 0.1) is 6.10 Å². The number of aliphatic hydroxyl groups excluding tert-OH is 2. The molecular formula is C16H23NO3. The van der Waals surface area contributed by atoms with Crippen LogP contribution in [0.3, 0.4) is 0 Å². The number of aliphatic hydroxyl groups is 2. The maximum absolute atomic E-state index is 12.1. The molecule has 0 saturated carbocycles. The van der Waals surface area contributed by atoms with E-state index in [2.05, 4.69) is 12.1 Å². The highest BCUT2D eigenvalue weighted by molar-refractivity contribution is 5.76. The molecule has 1 amide bonds. The van der Waals surface area contributed by atoms with Crippen LogP contribution in [0.5, 0.6) is 0 Å². The number of piperidine rings is 1. The van der Waals surface area contributed by atoms with Crippen molar-refractivity contribution in [2.45, 2.75) is 31.8 Å². The van der Waals surface area contributed by atoms with E-state index in [1.165, 1.54) is 5.56 Å². The highest BCUT2D eigenvalue weighted by Gasteiger charge is 2.29. The molecule has 0 aliphatic carbocycles. The highest BCUT2D eigenvalue weighted by Crippen LogP contribution is 2.18. The number of carbonyl (C=O) groups excluding carboxylic acids is 1. The van der Waals surface area contributed by atoms with Gasteiger partial charge in [0.25, 0.3) is 0 Å². The molecule has 110 valence electrons. The Morgan fingerprint density at radius 3 is 2.70 bits per heavy atom. The van der Waals surface area contributed by atoms with Crippen molar-refractivity contribution in [1.29, 1.82) is 0 Å². The molecule has 0 radical (unpaired) electrons. The zero-order valence-corrected chi connectivity index (χ0v) is 11.7. The molecule has 0 spiro atoms. The molecule has 0 aromatic heterocycles. The minimum absolute atomic E-state index is 0.00277. The first-order chi connectivity index (χ1) is 9.70. The van der Waals surface area contributed by atoms with E-state index in [-0.39, 0.29) is 18.4 Å². The highest BCUT2D eigenvalue weighted by atomic mass is 16.3. The summed E-state index contributed by atoms with van der Waals surface area (Å²) >= 11 is 0. The summed E-state index contributed by atoms with van der Waals surface area (Å²) in [6.07, 6.45) is 2.35. The van der Waals surface area contributed by atoms with Crippen LogP contribution in [0.1, 0.15) is 24.8 Å². The molecule has 0 unspecified atom stereocenters. The van der Waals surface area contributed by atoms with Crippen molar-refractivity contribution in [3.8, 4) is 0 Å². The fourth-order valence-corrected chi connectivity index (χ4v) is 2.67. The SMILES string of the molecule is O=C(CCCc1ccccc1)N1CC[C@H](CO)[C@H](O)C1. The van der Waals surface area contributed by atoms with E-state index in [0.717, 1.165) is 12.8 Å². The van der Waals surface area contributed by atoms with Crippen molar-refractivity contribution in [1.82, 2.24) is 4.90 Å². The zero-order chi connectivity index (χ0) is 14.4. The minimum atomic E-state index is -0.591. The molecular weight excluding hydrogens is 254 g/mol. The number of β-amino-alcohol motifs (C(OH)–C–C–N with tert-alkyl or cyclic N) is 1. The van der Waals surface area contributed by atoms with Crippen molar-refractivity contribution in [3.63, 3.8) is 0 Å². The zero-order valence-electron chi connectivity index (χ0n) is 11.7. The third-order valence-electron chi connectivity index (χ3n) is 4.01. The van der Waals surface area contributed by atoms with Crippen molar-refractivity contribution >= 4 is 5.91 Å². The van der Waals surface area contributed by atoms with E-state index >= 15 is 0 Å². The van der Waals surface area contributed by atoms with Gasteiger partial charge in [0, 0.05) is 32.0 Å². The van der Waals surface area contributed by atoms with Crippen LogP contribution in [-0.2, 0) is 11.2 Å². The summed E-state index contributed by atoms with van der Waals surface area (Å²) in [5.41, 5.74) is 1.25. The molecule has 1 aromatic carbocycles. The number of amides is 1. The predicted molar refractivity (Wildman–Crippen MR) is 77.2 cm³/mol. The molecule has 4 heteroatoms. The van der Waals surface area contributed by atoms with Crippen molar-refractivity contribution in [2.24, 2.45) is 5.92 Å². The number of aryl methyl sites for hydroxylation is 1. The van der Waals surface area contributed by atoms with Crippen molar-refractivity contribution in [3.05, 3.63) is 35.9 Å². The van der Waals surface area contributed by atoms with E-state index in [4.69, 9.17) is 5.11 Å². The Kier molecular flexibility index (Phi) is 5.56. The maximum atomic E-state index is 12.1. The number of hydrogen-bond acceptors (Lipinski definition) is 3. The first-order valence-corrected chi connectivity index (χ1v) is 7.31. The summed E-state index contributed by atoms with van der Waals surface area (Å²) in [4.78, 5) is 13.8. The van der Waals surface area contributed by atoms with Crippen LogP contribution in [0.15, 0.2) is 30.3 Å². The molecule has 1 aromatic rings. The van der Waals surface area contributed by atoms with Gasteiger partial charge in [0.1, 0.15) is 0 Å². The van der Waals surface area contributed by atoms with Crippen molar-refractivity contribution in [2.75, 3.05) is 19.7 Å². The second-order valence-electron chi connectivity index (χ2n) is 5.48. The molecule has 20 heavy (non-hydrogen) atoms. The molecule has 1 heterocycles. The molecule has 4 nitrogen and oxygen atoms in total. The number of nitrogens with zero attached hydrogens (tertiary/aromatic N) is 1. The van der Waals surface area contributed by atoms with Crippen LogP contribution >= 0.6 is 0 Å². The number of hydrogen-bond donors (Lipinski definition) is 2. The number of carbonyl (C=O) groups is 1. The third kappa shape index (κ3) is 4.05. The van der Waals surface area contributed by atoms with Crippen LogP contribution in [-0.4, -0.2) is 46.8 Å². The summed E-state index contributed by atoms with van der Waals surface area (Å²) in [5.74, 6) is 0.0275. The fraction of sp³-hybridized carbons (Fsp3) is 0.562. The van der Waals surface area contributed by atoms with E-state index in [9.17, 15) is 9.90 Å². The summed E-state index contributed by atoms with van der Waals surface area (Å²) in [6, 6.07) is 10.1. The van der Waals surface area contributed by atoms with Gasteiger partial charge in [-0.2, -0.15) is 0 Å². The van der Waals surface area contributed by atoms with Crippen LogP contribution in [0, 0.1) is 5.92 Å². The van der Waals surface area contributed by atoms with Crippen LogP contribution in [0.4, 0.5) is 0 Å². The van der Waals surface area contributed by atoms with Gasteiger partial charge >= 0.3 is 0 Å². The summed E-state index contributed by atoms with van der Waals surface area (Å²) in [5, 5.41) is 18.9. The lowest BCUT2D eigenvalue weighted by atomic mass is 9.94. The first kappa shape index (κ1) is 15.0. The average Bonchev–Trinajstić information content (AvgIpc) is 2.48. The second kappa shape index (κ2) is 7.41. The molecule has 2 atom stereocenters. The van der Waals surface area contributed by atoms with E-state index < -0.39 is 6.10 Å². The van der Waals surface area contributed by atoms with Gasteiger partial charge in [-0.05, 0) is 24.8 Å². The maximum Gasteiger partial charge on any atom is 0.222 e. The molecule has 1 fully saturated rings. The molecule has 2 N–H and O–H groups in total. The largest absolute Gasteiger partial charge is 0.396 e. The number of likely N-dealkylation sites (tertiary alicyclic amines) is 1. The van der Waals surface area contributed by atoms with Gasteiger partial charge in [0.15, 0.2) is 0 Å². The van der Waals surface area contributed by atoms with E-state index in [1.807, 2.05) is 18.2 Å². The topological polar surface area (TPSA) is 60.8 Å². The minimum Gasteiger partial charge on any atom is -0.396 e. The molecule has 1 saturated heterocycles. The molecule has 1 aliphatic heterocycles. The van der Waals surface area contributed by atoms with Crippen LogP contribution in [0.25, 0.3) is 0 Å². The number of benzene rings is 1. The Morgan fingerprint density at radius 1 is 1.30 bits per heavy atom. The Hall–Kier alpha value is -1.39. The van der Waals surface area contributed by atoms with Gasteiger partial charge in [0.2, 0.25) is 5.91 Å². The van der Waals surface area contributed by atoms with Gasteiger partial charge < -0.3 is 15.1 Å². The lowest BCUT2D eigenvalue weighted by Gasteiger charge is -2.35. The summed E-state index contributed by atoms with van der Waals surface area (Å²) in [7, 11) is 0. The smallest absolute Gasteiger partial charge is 0.222 e. The lowest BCUT2D eigenvalue weighted by Crippen LogP contribution is -2.47. The lowest BCUT2D eigenvalue weighted by molar-refractivity contribution is -0.136. The normalized spacial score (nSPS) is 22.8. The van der Waals surface area contributed by atoms with Gasteiger partial charge in [-0.1, -0.05) is 30.3 Å². The van der Waals surface area contributed by atoms with E-state index in [1.54, 1.807) is 4.90 Å². The average molecular weight is 277 g/mol. The monoisotopic (exact) mass is 277 g/mol. The van der Waals surface area contributed by atoms with Crippen molar-refractivity contribution < 1.29 is 15.0 Å². The standard InChI is InChI=1S/C16H23NO3/c18-12-14-9-10-17(11-15(14)19)16(20)8-4-7-13-5-2-1-3-6-13/h1-3,5-6,14-15,18-19H,4,7-12H2/t14-,15-/m1/s1. The van der Waals surface area contributed by atoms with Gasteiger partial charge in [-0.25, -0.2) is 0 Å².